The van der Waals surface area contributed by atoms with Crippen molar-refractivity contribution in [2.75, 3.05) is 20.3 Å². The highest BCUT2D eigenvalue weighted by Gasteiger charge is 2.41. The van der Waals surface area contributed by atoms with E-state index in [4.69, 9.17) is 14.6 Å². The van der Waals surface area contributed by atoms with Gasteiger partial charge in [-0.1, -0.05) is 12.1 Å². The molecule has 2 atom stereocenters. The van der Waals surface area contributed by atoms with Crippen LogP contribution in [-0.2, 0) is 21.2 Å². The summed E-state index contributed by atoms with van der Waals surface area (Å²) in [6.45, 7) is 0.446. The molecule has 1 amide bonds. The Balaban J connectivity index is 1.79. The number of fused-ring (bicyclic) bond motifs is 1. The van der Waals surface area contributed by atoms with Gasteiger partial charge in [0.05, 0.1) is 13.2 Å². The molecule has 1 aromatic rings. The predicted molar refractivity (Wildman–Crippen MR) is 79.2 cm³/mol. The Morgan fingerprint density at radius 2 is 2.14 bits per heavy atom. The Morgan fingerprint density at radius 1 is 1.36 bits per heavy atom. The van der Waals surface area contributed by atoms with Crippen LogP contribution in [0.2, 0.25) is 0 Å². The van der Waals surface area contributed by atoms with Crippen LogP contribution in [0.3, 0.4) is 0 Å². The van der Waals surface area contributed by atoms with Crippen molar-refractivity contribution in [1.29, 1.82) is 0 Å². The highest BCUT2D eigenvalue weighted by atomic mass is 32.2. The lowest BCUT2D eigenvalue weighted by molar-refractivity contribution is -0.130. The van der Waals surface area contributed by atoms with Crippen LogP contribution in [0, 0.1) is 0 Å². The molecule has 7 nitrogen and oxygen atoms in total. The molecule has 0 aliphatic carbocycles. The van der Waals surface area contributed by atoms with Crippen LogP contribution in [-0.4, -0.2) is 50.8 Å². The second kappa shape index (κ2) is 5.44. The first-order valence-corrected chi connectivity index (χ1v) is 8.61. The molecule has 0 radical (unpaired) electrons. The number of likely N-dealkylation sites (tertiary alicyclic amines) is 1. The minimum Gasteiger partial charge on any atom is -0.493 e. The van der Waals surface area contributed by atoms with E-state index in [1.165, 1.54) is 0 Å². The number of ether oxygens (including phenoxy) is 2. The predicted octanol–water partition coefficient (Wildman–Crippen LogP) is -0.112. The lowest BCUT2D eigenvalue weighted by atomic mass is 10.0. The molecule has 8 heteroatoms. The molecule has 2 heterocycles. The number of para-hydroxylation sites is 1. The molecular formula is C14H18N2O5S. The molecule has 0 bridgehead atoms. The number of benzene rings is 1. The average molecular weight is 326 g/mol. The average Bonchev–Trinajstić information content (AvgIpc) is 2.88. The normalized spacial score (nSPS) is 24.8. The molecule has 1 aromatic carbocycles. The van der Waals surface area contributed by atoms with Gasteiger partial charge in [-0.15, -0.1) is 0 Å². The van der Waals surface area contributed by atoms with E-state index in [0.717, 1.165) is 5.56 Å². The third-order valence-corrected chi connectivity index (χ3v) is 5.43. The molecular weight excluding hydrogens is 308 g/mol. The van der Waals surface area contributed by atoms with Crippen molar-refractivity contribution in [2.45, 2.75) is 24.1 Å². The van der Waals surface area contributed by atoms with Gasteiger partial charge in [0, 0.05) is 18.5 Å². The first-order chi connectivity index (χ1) is 10.4. The van der Waals surface area contributed by atoms with E-state index in [0.29, 0.717) is 24.5 Å². The molecule has 2 unspecified atom stereocenters. The van der Waals surface area contributed by atoms with Crippen LogP contribution in [0.25, 0.3) is 0 Å². The minimum atomic E-state index is -3.70. The zero-order valence-corrected chi connectivity index (χ0v) is 13.0. The van der Waals surface area contributed by atoms with Gasteiger partial charge in [0.2, 0.25) is 15.9 Å². The Morgan fingerprint density at radius 3 is 2.77 bits per heavy atom. The van der Waals surface area contributed by atoms with Gasteiger partial charge < -0.3 is 14.4 Å². The van der Waals surface area contributed by atoms with Crippen molar-refractivity contribution in [2.24, 2.45) is 5.14 Å². The van der Waals surface area contributed by atoms with Crippen LogP contribution < -0.4 is 14.6 Å². The van der Waals surface area contributed by atoms with E-state index >= 15 is 0 Å². The number of carbonyl (C=O) groups is 1. The van der Waals surface area contributed by atoms with E-state index in [-0.39, 0.29) is 24.9 Å². The van der Waals surface area contributed by atoms with E-state index in [9.17, 15) is 13.2 Å². The Labute approximate surface area is 129 Å². The van der Waals surface area contributed by atoms with E-state index in [1.807, 2.05) is 18.2 Å². The number of primary sulfonamides is 1. The van der Waals surface area contributed by atoms with Gasteiger partial charge in [-0.25, -0.2) is 13.6 Å². The van der Waals surface area contributed by atoms with Gasteiger partial charge in [-0.3, -0.25) is 4.79 Å². The summed E-state index contributed by atoms with van der Waals surface area (Å²) in [5.41, 5.74) is 0.947. The lowest BCUT2D eigenvalue weighted by Crippen LogP contribution is -2.45. The summed E-state index contributed by atoms with van der Waals surface area (Å²) < 4.78 is 33.9. The molecule has 1 saturated heterocycles. The number of carbonyl (C=O) groups excluding carboxylic acids is 1. The van der Waals surface area contributed by atoms with Crippen LogP contribution in [0.4, 0.5) is 0 Å². The number of hydrogen-bond acceptors (Lipinski definition) is 5. The molecule has 2 N–H and O–H groups in total. The highest BCUT2D eigenvalue weighted by Crippen LogP contribution is 2.36. The number of amides is 1. The van der Waals surface area contributed by atoms with Gasteiger partial charge in [0.1, 0.15) is 11.9 Å². The Hall–Kier alpha value is -1.80. The Bertz CT molecular complexity index is 703. The maximum atomic E-state index is 12.1. The number of rotatable bonds is 3. The first kappa shape index (κ1) is 15.1. The zero-order valence-electron chi connectivity index (χ0n) is 12.2. The maximum Gasteiger partial charge on any atom is 0.224 e. The smallest absolute Gasteiger partial charge is 0.224 e. The van der Waals surface area contributed by atoms with Crippen LogP contribution in [0.15, 0.2) is 18.2 Å². The van der Waals surface area contributed by atoms with Crippen LogP contribution in [0.1, 0.15) is 12.0 Å². The summed E-state index contributed by atoms with van der Waals surface area (Å²) in [5, 5.41) is 4.33. The fourth-order valence-electron chi connectivity index (χ4n) is 3.01. The van der Waals surface area contributed by atoms with E-state index in [1.54, 1.807) is 12.0 Å². The molecule has 3 rings (SSSR count). The summed E-state index contributed by atoms with van der Waals surface area (Å²) in [7, 11) is -2.13. The lowest BCUT2D eigenvalue weighted by Gasteiger charge is -2.33. The van der Waals surface area contributed by atoms with Gasteiger partial charge in [-0.2, -0.15) is 0 Å². The largest absolute Gasteiger partial charge is 0.493 e. The second-order valence-electron chi connectivity index (χ2n) is 5.58. The Kier molecular flexibility index (Phi) is 3.73. The number of nitrogens with two attached hydrogens (primary N) is 1. The number of methoxy groups -OCH3 is 1. The SMILES string of the molecule is COc1cccc2c1OCC(N1CC(S(N)(=O)=O)CC1=O)C2. The molecule has 0 saturated carbocycles. The summed E-state index contributed by atoms with van der Waals surface area (Å²) >= 11 is 0. The van der Waals surface area contributed by atoms with Crippen molar-refractivity contribution in [1.82, 2.24) is 4.90 Å². The number of nitrogens with zero attached hydrogens (tertiary/aromatic N) is 1. The van der Waals surface area contributed by atoms with Crippen LogP contribution >= 0.6 is 0 Å². The molecule has 1 fully saturated rings. The van der Waals surface area contributed by atoms with Gasteiger partial charge >= 0.3 is 0 Å². The number of hydrogen-bond donors (Lipinski definition) is 1. The van der Waals surface area contributed by atoms with Crippen molar-refractivity contribution < 1.29 is 22.7 Å². The fourth-order valence-corrected chi connectivity index (χ4v) is 3.75. The van der Waals surface area contributed by atoms with Gasteiger partial charge in [0.15, 0.2) is 11.5 Å². The molecule has 0 spiro atoms. The van der Waals surface area contributed by atoms with Crippen molar-refractivity contribution in [3.8, 4) is 11.5 Å². The molecule has 0 aromatic heterocycles. The summed E-state index contributed by atoms with van der Waals surface area (Å²) in [4.78, 5) is 13.7. The topological polar surface area (TPSA) is 98.9 Å². The van der Waals surface area contributed by atoms with Crippen LogP contribution in [0.5, 0.6) is 11.5 Å². The van der Waals surface area contributed by atoms with Gasteiger partial charge in [-0.05, 0) is 12.5 Å². The molecule has 120 valence electrons. The number of sulfonamides is 1. The second-order valence-corrected chi connectivity index (χ2v) is 7.42. The molecule has 2 aliphatic rings. The first-order valence-electron chi connectivity index (χ1n) is 7.00. The van der Waals surface area contributed by atoms with Crippen molar-refractivity contribution >= 4 is 15.9 Å². The maximum absolute atomic E-state index is 12.1. The van der Waals surface area contributed by atoms with E-state index < -0.39 is 15.3 Å². The molecule has 22 heavy (non-hydrogen) atoms. The summed E-state index contributed by atoms with van der Waals surface area (Å²) in [6.07, 6.45) is 0.552. The third-order valence-electron chi connectivity index (χ3n) is 4.18. The van der Waals surface area contributed by atoms with Crippen molar-refractivity contribution in [3.63, 3.8) is 0 Å². The monoisotopic (exact) mass is 326 g/mol. The van der Waals surface area contributed by atoms with Gasteiger partial charge in [0.25, 0.3) is 0 Å². The standard InChI is InChI=1S/C14H18N2O5S/c1-20-12-4-2-3-9-5-10(8-21-14(9)12)16-7-11(6-13(16)17)22(15,18)19/h2-4,10-11H,5-8H2,1H3,(H2,15,18,19). The third kappa shape index (κ3) is 2.64. The summed E-state index contributed by atoms with van der Waals surface area (Å²) in [6, 6.07) is 5.42. The zero-order chi connectivity index (χ0) is 15.9. The van der Waals surface area contributed by atoms with E-state index in [2.05, 4.69) is 0 Å². The quantitative estimate of drug-likeness (QED) is 0.835. The van der Waals surface area contributed by atoms with Crippen molar-refractivity contribution in [3.05, 3.63) is 23.8 Å². The highest BCUT2D eigenvalue weighted by molar-refractivity contribution is 7.89. The summed E-state index contributed by atoms with van der Waals surface area (Å²) in [5.74, 6) is 1.15. The fraction of sp³-hybridized carbons (Fsp3) is 0.500. The minimum absolute atomic E-state index is 0.0553. The molecule has 2 aliphatic heterocycles.